The van der Waals surface area contributed by atoms with Crippen LogP contribution < -0.4 is 10.1 Å². The van der Waals surface area contributed by atoms with Crippen LogP contribution in [-0.4, -0.2) is 20.2 Å². The summed E-state index contributed by atoms with van der Waals surface area (Å²) in [5.74, 6) is 2.17. The zero-order valence-electron chi connectivity index (χ0n) is 10.8. The first-order valence-electron chi connectivity index (χ1n) is 6.06. The molecule has 0 saturated carbocycles. The molecule has 16 heavy (non-hydrogen) atoms. The molecular weight excluding hydrogens is 198 g/mol. The van der Waals surface area contributed by atoms with Crippen molar-refractivity contribution in [2.45, 2.75) is 26.7 Å². The Balaban J connectivity index is 2.65. The third-order valence-electron chi connectivity index (χ3n) is 3.10. The number of benzene rings is 1. The Morgan fingerprint density at radius 3 is 2.31 bits per heavy atom. The van der Waals surface area contributed by atoms with Crippen LogP contribution in [0.25, 0.3) is 0 Å². The summed E-state index contributed by atoms with van der Waals surface area (Å²) in [5.41, 5.74) is 1.38. The van der Waals surface area contributed by atoms with Crippen LogP contribution in [0.3, 0.4) is 0 Å². The summed E-state index contributed by atoms with van der Waals surface area (Å²) in [7, 11) is 2.00. The molecule has 1 N–H and O–H groups in total. The van der Waals surface area contributed by atoms with Crippen LogP contribution in [0, 0.1) is 5.92 Å². The van der Waals surface area contributed by atoms with Crippen molar-refractivity contribution in [3.63, 3.8) is 0 Å². The molecule has 2 nitrogen and oxygen atoms in total. The van der Waals surface area contributed by atoms with Gasteiger partial charge in [-0.25, -0.2) is 0 Å². The van der Waals surface area contributed by atoms with E-state index in [1.54, 1.807) is 0 Å². The molecule has 0 radical (unpaired) electrons. The topological polar surface area (TPSA) is 21.3 Å². The van der Waals surface area contributed by atoms with Crippen molar-refractivity contribution < 1.29 is 4.74 Å². The molecule has 0 saturated heterocycles. The summed E-state index contributed by atoms with van der Waals surface area (Å²) in [6.45, 7) is 8.33. The molecule has 1 aromatic carbocycles. The van der Waals surface area contributed by atoms with E-state index >= 15 is 0 Å². The van der Waals surface area contributed by atoms with Crippen LogP contribution in [0.4, 0.5) is 0 Å². The van der Waals surface area contributed by atoms with Crippen molar-refractivity contribution in [3.8, 4) is 5.75 Å². The number of hydrogen-bond donors (Lipinski definition) is 1. The highest BCUT2D eigenvalue weighted by atomic mass is 16.5. The van der Waals surface area contributed by atoms with E-state index in [0.29, 0.717) is 11.8 Å². The Hall–Kier alpha value is -1.02. The Morgan fingerprint density at radius 2 is 1.81 bits per heavy atom. The van der Waals surface area contributed by atoms with Crippen LogP contribution in [0.2, 0.25) is 0 Å². The van der Waals surface area contributed by atoms with Gasteiger partial charge in [-0.2, -0.15) is 0 Å². The molecule has 0 aliphatic rings. The van der Waals surface area contributed by atoms with Crippen molar-refractivity contribution in [2.75, 3.05) is 20.2 Å². The molecule has 0 aromatic heterocycles. The molecule has 2 unspecified atom stereocenters. The van der Waals surface area contributed by atoms with Gasteiger partial charge in [-0.1, -0.05) is 26.0 Å². The van der Waals surface area contributed by atoms with Crippen molar-refractivity contribution in [1.82, 2.24) is 5.32 Å². The average molecular weight is 221 g/mol. The predicted molar refractivity (Wildman–Crippen MR) is 69.1 cm³/mol. The van der Waals surface area contributed by atoms with Crippen LogP contribution >= 0.6 is 0 Å². The van der Waals surface area contributed by atoms with E-state index < -0.39 is 0 Å². The highest BCUT2D eigenvalue weighted by Gasteiger charge is 2.13. The number of nitrogens with one attached hydrogen (secondary N) is 1. The van der Waals surface area contributed by atoms with Gasteiger partial charge in [0.15, 0.2) is 0 Å². The van der Waals surface area contributed by atoms with Gasteiger partial charge in [0.25, 0.3) is 0 Å². The summed E-state index contributed by atoms with van der Waals surface area (Å²) >= 11 is 0. The maximum atomic E-state index is 5.44. The van der Waals surface area contributed by atoms with Gasteiger partial charge in [0.05, 0.1) is 6.61 Å². The molecule has 0 fully saturated rings. The first kappa shape index (κ1) is 13.0. The van der Waals surface area contributed by atoms with E-state index in [2.05, 4.69) is 43.4 Å². The van der Waals surface area contributed by atoms with E-state index in [-0.39, 0.29) is 0 Å². The Kier molecular flexibility index (Phi) is 5.33. The molecule has 1 rings (SSSR count). The zero-order valence-corrected chi connectivity index (χ0v) is 10.8. The van der Waals surface area contributed by atoms with Crippen LogP contribution in [0.1, 0.15) is 32.3 Å². The number of rotatable bonds is 6. The van der Waals surface area contributed by atoms with E-state index in [1.165, 1.54) is 5.56 Å². The predicted octanol–water partition coefficient (Wildman–Crippen LogP) is 3.04. The lowest BCUT2D eigenvalue weighted by molar-refractivity contribution is 0.340. The van der Waals surface area contributed by atoms with Crippen LogP contribution in [-0.2, 0) is 0 Å². The van der Waals surface area contributed by atoms with Crippen molar-refractivity contribution in [1.29, 1.82) is 0 Å². The lowest BCUT2D eigenvalue weighted by atomic mass is 9.89. The Bertz CT molecular complexity index is 294. The fraction of sp³-hybridized carbons (Fsp3) is 0.571. The van der Waals surface area contributed by atoms with Crippen molar-refractivity contribution in [3.05, 3.63) is 29.8 Å². The van der Waals surface area contributed by atoms with Crippen molar-refractivity contribution >= 4 is 0 Å². The average Bonchev–Trinajstić information content (AvgIpc) is 2.30. The normalized spacial score (nSPS) is 14.5. The van der Waals surface area contributed by atoms with E-state index in [1.807, 2.05) is 14.0 Å². The minimum atomic E-state index is 0.572. The monoisotopic (exact) mass is 221 g/mol. The Morgan fingerprint density at radius 1 is 1.19 bits per heavy atom. The molecule has 2 atom stereocenters. The fourth-order valence-corrected chi connectivity index (χ4v) is 1.86. The smallest absolute Gasteiger partial charge is 0.119 e. The van der Waals surface area contributed by atoms with Gasteiger partial charge < -0.3 is 10.1 Å². The van der Waals surface area contributed by atoms with Gasteiger partial charge >= 0.3 is 0 Å². The molecule has 2 heteroatoms. The minimum Gasteiger partial charge on any atom is -0.494 e. The Labute approximate surface area is 99.0 Å². The van der Waals surface area contributed by atoms with Crippen LogP contribution in [0.15, 0.2) is 24.3 Å². The maximum Gasteiger partial charge on any atom is 0.119 e. The molecule has 0 amide bonds. The summed E-state index contributed by atoms with van der Waals surface area (Å²) in [5, 5.41) is 3.23. The minimum absolute atomic E-state index is 0.572. The summed E-state index contributed by atoms with van der Waals surface area (Å²) in [6, 6.07) is 8.45. The first-order chi connectivity index (χ1) is 7.69. The zero-order chi connectivity index (χ0) is 12.0. The third kappa shape index (κ3) is 3.53. The maximum absolute atomic E-state index is 5.44. The summed E-state index contributed by atoms with van der Waals surface area (Å²) in [6.07, 6.45) is 0. The second-order valence-electron chi connectivity index (χ2n) is 4.33. The third-order valence-corrected chi connectivity index (χ3v) is 3.10. The summed E-state index contributed by atoms with van der Waals surface area (Å²) in [4.78, 5) is 0. The molecule has 1 aromatic rings. The lowest BCUT2D eigenvalue weighted by Crippen LogP contribution is -2.20. The van der Waals surface area contributed by atoms with Crippen molar-refractivity contribution in [2.24, 2.45) is 5.92 Å². The van der Waals surface area contributed by atoms with Gasteiger partial charge in [0.2, 0.25) is 0 Å². The molecule has 90 valence electrons. The van der Waals surface area contributed by atoms with E-state index in [0.717, 1.165) is 18.9 Å². The number of ether oxygens (including phenoxy) is 1. The second-order valence-corrected chi connectivity index (χ2v) is 4.33. The van der Waals surface area contributed by atoms with Gasteiger partial charge in [-0.15, -0.1) is 0 Å². The molecule has 0 aliphatic carbocycles. The van der Waals surface area contributed by atoms with Gasteiger partial charge in [0, 0.05) is 0 Å². The van der Waals surface area contributed by atoms with Crippen LogP contribution in [0.5, 0.6) is 5.75 Å². The largest absolute Gasteiger partial charge is 0.494 e. The van der Waals surface area contributed by atoms with E-state index in [9.17, 15) is 0 Å². The van der Waals surface area contributed by atoms with Gasteiger partial charge in [-0.05, 0) is 50.0 Å². The molecule has 0 bridgehead atoms. The second kappa shape index (κ2) is 6.54. The molecule has 0 spiro atoms. The molecule has 0 heterocycles. The SMILES string of the molecule is CCOc1ccc(C(C)C(C)CNC)cc1. The van der Waals surface area contributed by atoms with E-state index in [4.69, 9.17) is 4.74 Å². The highest BCUT2D eigenvalue weighted by Crippen LogP contribution is 2.25. The molecular formula is C14H23NO. The quantitative estimate of drug-likeness (QED) is 0.797. The molecule has 0 aliphatic heterocycles. The fourth-order valence-electron chi connectivity index (χ4n) is 1.86. The summed E-state index contributed by atoms with van der Waals surface area (Å²) < 4.78 is 5.44. The van der Waals surface area contributed by atoms with Gasteiger partial charge in [0.1, 0.15) is 5.75 Å². The standard InChI is InChI=1S/C14H23NO/c1-5-16-14-8-6-13(7-9-14)12(3)11(2)10-15-4/h6-9,11-12,15H,5,10H2,1-4H3. The number of hydrogen-bond acceptors (Lipinski definition) is 2. The first-order valence-corrected chi connectivity index (χ1v) is 6.06. The highest BCUT2D eigenvalue weighted by molar-refractivity contribution is 5.29. The lowest BCUT2D eigenvalue weighted by Gasteiger charge is -2.20. The van der Waals surface area contributed by atoms with Gasteiger partial charge in [-0.3, -0.25) is 0 Å².